The molecule has 2 heterocycles. The third kappa shape index (κ3) is 3.41. The lowest BCUT2D eigenvalue weighted by molar-refractivity contribution is 0.618. The number of anilines is 1. The van der Waals surface area contributed by atoms with Crippen LogP contribution in [0.15, 0.2) is 22.3 Å². The first-order valence-electron chi connectivity index (χ1n) is 6.38. The Morgan fingerprint density at radius 2 is 2.16 bits per heavy atom. The van der Waals surface area contributed by atoms with Crippen LogP contribution in [0.1, 0.15) is 20.8 Å². The molecule has 0 aromatic carbocycles. The van der Waals surface area contributed by atoms with Crippen molar-refractivity contribution in [1.82, 2.24) is 14.8 Å². The van der Waals surface area contributed by atoms with Crippen LogP contribution in [-0.2, 0) is 6.54 Å². The minimum absolute atomic E-state index is 0.0837. The molecule has 102 valence electrons. The molecule has 0 aliphatic carbocycles. The van der Waals surface area contributed by atoms with Crippen molar-refractivity contribution in [1.29, 1.82) is 0 Å². The smallest absolute Gasteiger partial charge is 0.266 e. The molecular formula is C13H18N4OS. The summed E-state index contributed by atoms with van der Waals surface area (Å²) < 4.78 is 1.44. The fourth-order valence-corrected chi connectivity index (χ4v) is 2.29. The van der Waals surface area contributed by atoms with Crippen LogP contribution in [0, 0.1) is 5.92 Å². The van der Waals surface area contributed by atoms with E-state index in [0.29, 0.717) is 12.5 Å². The molecule has 0 fully saturated rings. The van der Waals surface area contributed by atoms with E-state index in [0.717, 1.165) is 23.1 Å². The highest BCUT2D eigenvalue weighted by atomic mass is 32.1. The molecule has 19 heavy (non-hydrogen) atoms. The lowest BCUT2D eigenvalue weighted by atomic mass is 10.2. The van der Waals surface area contributed by atoms with E-state index in [-0.39, 0.29) is 5.56 Å². The highest BCUT2D eigenvalue weighted by Gasteiger charge is 2.07. The van der Waals surface area contributed by atoms with Gasteiger partial charge in [0.15, 0.2) is 5.13 Å². The summed E-state index contributed by atoms with van der Waals surface area (Å²) in [6.07, 6.45) is 0. The second-order valence-corrected chi connectivity index (χ2v) is 5.54. The van der Waals surface area contributed by atoms with Crippen LogP contribution in [0.3, 0.4) is 0 Å². The number of hydrogen-bond acceptors (Lipinski definition) is 5. The number of thiazole rings is 1. The molecule has 2 rings (SSSR count). The normalized spacial score (nSPS) is 10.9. The van der Waals surface area contributed by atoms with Crippen LogP contribution in [-0.4, -0.2) is 21.3 Å². The Morgan fingerprint density at radius 1 is 1.37 bits per heavy atom. The van der Waals surface area contributed by atoms with Crippen LogP contribution < -0.4 is 10.9 Å². The predicted molar refractivity (Wildman–Crippen MR) is 78.6 cm³/mol. The highest BCUT2D eigenvalue weighted by molar-refractivity contribution is 7.14. The number of hydrogen-bond donors (Lipinski definition) is 1. The van der Waals surface area contributed by atoms with Crippen LogP contribution in [0.25, 0.3) is 11.4 Å². The monoisotopic (exact) mass is 278 g/mol. The summed E-state index contributed by atoms with van der Waals surface area (Å²) in [5.41, 5.74) is 1.45. The van der Waals surface area contributed by atoms with Gasteiger partial charge in [-0.25, -0.2) is 9.67 Å². The summed E-state index contributed by atoms with van der Waals surface area (Å²) in [6, 6.07) is 3.25. The standard InChI is InChI=1S/C13H18N4OS/c1-4-17-12(18)6-5-10(16-17)11-8-19-13(15-11)14-7-9(2)3/h5-6,8-9H,4,7H2,1-3H3,(H,14,15). The lowest BCUT2D eigenvalue weighted by Crippen LogP contribution is -2.21. The first-order valence-corrected chi connectivity index (χ1v) is 7.26. The second kappa shape index (κ2) is 5.97. The van der Waals surface area contributed by atoms with Crippen molar-refractivity contribution in [2.75, 3.05) is 11.9 Å². The first-order chi connectivity index (χ1) is 9.10. The molecule has 0 aliphatic heterocycles. The molecule has 0 atom stereocenters. The summed E-state index contributed by atoms with van der Waals surface area (Å²) in [5, 5.41) is 10.4. The molecule has 0 radical (unpaired) electrons. The molecule has 0 unspecified atom stereocenters. The van der Waals surface area contributed by atoms with Gasteiger partial charge in [-0.15, -0.1) is 11.3 Å². The molecule has 5 nitrogen and oxygen atoms in total. The van der Waals surface area contributed by atoms with Gasteiger partial charge in [0, 0.05) is 24.5 Å². The van der Waals surface area contributed by atoms with E-state index in [1.54, 1.807) is 17.4 Å². The minimum atomic E-state index is -0.0837. The number of nitrogens with one attached hydrogen (secondary N) is 1. The Bertz CT molecular complexity index is 603. The van der Waals surface area contributed by atoms with E-state index in [1.807, 2.05) is 12.3 Å². The Balaban J connectivity index is 2.20. The maximum atomic E-state index is 11.5. The Kier molecular flexibility index (Phi) is 4.31. The quantitative estimate of drug-likeness (QED) is 0.912. The molecule has 0 bridgehead atoms. The molecular weight excluding hydrogens is 260 g/mol. The fraction of sp³-hybridized carbons (Fsp3) is 0.462. The van der Waals surface area contributed by atoms with E-state index in [4.69, 9.17) is 0 Å². The minimum Gasteiger partial charge on any atom is -0.361 e. The maximum absolute atomic E-state index is 11.5. The SMILES string of the molecule is CCn1nc(-c2csc(NCC(C)C)n2)ccc1=O. The van der Waals surface area contributed by atoms with Gasteiger partial charge in [0.1, 0.15) is 11.4 Å². The van der Waals surface area contributed by atoms with Crippen molar-refractivity contribution < 1.29 is 0 Å². The first kappa shape index (κ1) is 13.7. The second-order valence-electron chi connectivity index (χ2n) is 4.69. The van der Waals surface area contributed by atoms with Crippen LogP contribution in [0.2, 0.25) is 0 Å². The van der Waals surface area contributed by atoms with Crippen molar-refractivity contribution >= 4 is 16.5 Å². The number of nitrogens with zero attached hydrogens (tertiary/aromatic N) is 3. The molecule has 2 aromatic heterocycles. The molecule has 0 saturated heterocycles. The van der Waals surface area contributed by atoms with Gasteiger partial charge in [0.2, 0.25) is 0 Å². The summed E-state index contributed by atoms with van der Waals surface area (Å²) in [7, 11) is 0. The van der Waals surface area contributed by atoms with Crippen LogP contribution in [0.4, 0.5) is 5.13 Å². The van der Waals surface area contributed by atoms with E-state index in [9.17, 15) is 4.79 Å². The van der Waals surface area contributed by atoms with Gasteiger partial charge in [0.25, 0.3) is 5.56 Å². The summed E-state index contributed by atoms with van der Waals surface area (Å²) in [5.74, 6) is 0.576. The van der Waals surface area contributed by atoms with Crippen molar-refractivity contribution in [2.24, 2.45) is 5.92 Å². The van der Waals surface area contributed by atoms with Crippen molar-refractivity contribution in [3.63, 3.8) is 0 Å². The van der Waals surface area contributed by atoms with Crippen molar-refractivity contribution in [3.8, 4) is 11.4 Å². The zero-order valence-corrected chi connectivity index (χ0v) is 12.2. The average molecular weight is 278 g/mol. The predicted octanol–water partition coefficient (Wildman–Crippen LogP) is 2.45. The van der Waals surface area contributed by atoms with Gasteiger partial charge in [-0.05, 0) is 18.9 Å². The largest absolute Gasteiger partial charge is 0.361 e. The van der Waals surface area contributed by atoms with E-state index in [2.05, 4.69) is 29.2 Å². The number of aryl methyl sites for hydroxylation is 1. The zero-order valence-electron chi connectivity index (χ0n) is 11.4. The van der Waals surface area contributed by atoms with E-state index < -0.39 is 0 Å². The van der Waals surface area contributed by atoms with Gasteiger partial charge in [-0.1, -0.05) is 13.8 Å². The maximum Gasteiger partial charge on any atom is 0.266 e. The molecule has 1 N–H and O–H groups in total. The number of rotatable bonds is 5. The summed E-state index contributed by atoms with van der Waals surface area (Å²) in [4.78, 5) is 16.0. The van der Waals surface area contributed by atoms with Crippen molar-refractivity contribution in [3.05, 3.63) is 27.9 Å². The lowest BCUT2D eigenvalue weighted by Gasteiger charge is -2.04. The molecule has 2 aromatic rings. The van der Waals surface area contributed by atoms with Gasteiger partial charge in [-0.2, -0.15) is 5.10 Å². The fourth-order valence-electron chi connectivity index (χ4n) is 1.58. The van der Waals surface area contributed by atoms with E-state index >= 15 is 0 Å². The average Bonchev–Trinajstić information content (AvgIpc) is 2.86. The summed E-state index contributed by atoms with van der Waals surface area (Å²) >= 11 is 1.55. The topological polar surface area (TPSA) is 59.8 Å². The zero-order chi connectivity index (χ0) is 13.8. The molecule has 0 saturated carbocycles. The molecule has 0 amide bonds. The third-order valence-corrected chi connectivity index (χ3v) is 3.39. The van der Waals surface area contributed by atoms with Crippen molar-refractivity contribution in [2.45, 2.75) is 27.3 Å². The summed E-state index contributed by atoms with van der Waals surface area (Å²) in [6.45, 7) is 7.67. The molecule has 0 aliphatic rings. The van der Waals surface area contributed by atoms with Gasteiger partial charge in [0.05, 0.1) is 0 Å². The number of aromatic nitrogens is 3. The highest BCUT2D eigenvalue weighted by Crippen LogP contribution is 2.22. The Morgan fingerprint density at radius 3 is 2.84 bits per heavy atom. The Hall–Kier alpha value is -1.69. The molecule has 0 spiro atoms. The van der Waals surface area contributed by atoms with E-state index in [1.165, 1.54) is 10.7 Å². The van der Waals surface area contributed by atoms with Crippen LogP contribution >= 0.6 is 11.3 Å². The van der Waals surface area contributed by atoms with Gasteiger partial charge >= 0.3 is 0 Å². The Labute approximate surface area is 116 Å². The molecule has 6 heteroatoms. The van der Waals surface area contributed by atoms with Gasteiger partial charge in [-0.3, -0.25) is 4.79 Å². The third-order valence-electron chi connectivity index (χ3n) is 2.59. The van der Waals surface area contributed by atoms with Gasteiger partial charge < -0.3 is 5.32 Å². The van der Waals surface area contributed by atoms with Crippen LogP contribution in [0.5, 0.6) is 0 Å².